The molecule has 0 saturated carbocycles. The quantitative estimate of drug-likeness (QED) is 0.701. The van der Waals surface area contributed by atoms with Gasteiger partial charge in [0.15, 0.2) is 0 Å². The molecule has 0 spiro atoms. The van der Waals surface area contributed by atoms with Gasteiger partial charge in [-0.25, -0.2) is 4.98 Å². The molecule has 1 fully saturated rings. The third-order valence-electron chi connectivity index (χ3n) is 2.83. The Labute approximate surface area is 99.6 Å². The summed E-state index contributed by atoms with van der Waals surface area (Å²) < 4.78 is 1.99. The second-order valence-corrected chi connectivity index (χ2v) is 4.11. The molecule has 1 saturated heterocycles. The number of carbonyl (C=O) groups is 1. The molecule has 1 aliphatic rings. The number of alkyl halides is 1. The summed E-state index contributed by atoms with van der Waals surface area (Å²) in [5, 5.41) is 0. The van der Waals surface area contributed by atoms with Crippen molar-refractivity contribution in [2.75, 3.05) is 37.0 Å². The number of aryl methyl sites for hydroxylation is 1. The zero-order valence-corrected chi connectivity index (χ0v) is 10.0. The summed E-state index contributed by atoms with van der Waals surface area (Å²) in [6.45, 7) is 3.07. The average molecular weight is 243 g/mol. The van der Waals surface area contributed by atoms with Crippen LogP contribution in [0.2, 0.25) is 0 Å². The van der Waals surface area contributed by atoms with Crippen LogP contribution in [0.25, 0.3) is 0 Å². The van der Waals surface area contributed by atoms with Gasteiger partial charge in [-0.15, -0.1) is 11.6 Å². The van der Waals surface area contributed by atoms with Crippen LogP contribution in [0.3, 0.4) is 0 Å². The van der Waals surface area contributed by atoms with E-state index in [0.717, 1.165) is 32.1 Å². The Balaban J connectivity index is 1.95. The van der Waals surface area contributed by atoms with Crippen molar-refractivity contribution in [1.29, 1.82) is 0 Å². The fourth-order valence-corrected chi connectivity index (χ4v) is 2.07. The summed E-state index contributed by atoms with van der Waals surface area (Å²) in [6.07, 6.45) is 3.71. The molecule has 0 radical (unpaired) electrons. The second-order valence-electron chi connectivity index (χ2n) is 3.84. The molecule has 2 rings (SSSR count). The van der Waals surface area contributed by atoms with E-state index in [0.29, 0.717) is 0 Å². The largest absolute Gasteiger partial charge is 0.339 e. The Bertz CT molecular complexity index is 371. The average Bonchev–Trinajstić information content (AvgIpc) is 2.75. The highest BCUT2D eigenvalue weighted by Gasteiger charge is 2.22. The van der Waals surface area contributed by atoms with E-state index in [1.165, 1.54) is 0 Å². The zero-order chi connectivity index (χ0) is 11.5. The SMILES string of the molecule is Cn1ccnc1N1CCN(C(=O)CCl)CC1. The van der Waals surface area contributed by atoms with Gasteiger partial charge in [-0.05, 0) is 0 Å². The van der Waals surface area contributed by atoms with Crippen LogP contribution in [0.1, 0.15) is 0 Å². The number of rotatable bonds is 2. The lowest BCUT2D eigenvalue weighted by Crippen LogP contribution is -2.49. The van der Waals surface area contributed by atoms with Crippen molar-refractivity contribution in [3.63, 3.8) is 0 Å². The lowest BCUT2D eigenvalue weighted by molar-refractivity contribution is -0.128. The molecule has 1 aromatic rings. The Morgan fingerprint density at radius 1 is 1.44 bits per heavy atom. The number of nitrogens with zero attached hydrogens (tertiary/aromatic N) is 4. The number of piperazine rings is 1. The number of aromatic nitrogens is 2. The van der Waals surface area contributed by atoms with E-state index in [9.17, 15) is 4.79 Å². The normalized spacial score (nSPS) is 16.6. The van der Waals surface area contributed by atoms with E-state index in [2.05, 4.69) is 9.88 Å². The number of hydrogen-bond acceptors (Lipinski definition) is 3. The molecule has 2 heterocycles. The summed E-state index contributed by atoms with van der Waals surface area (Å²) in [5.74, 6) is 1.04. The fraction of sp³-hybridized carbons (Fsp3) is 0.600. The van der Waals surface area contributed by atoms with E-state index < -0.39 is 0 Å². The number of hydrogen-bond donors (Lipinski definition) is 0. The first-order chi connectivity index (χ1) is 7.72. The maximum absolute atomic E-state index is 11.4. The molecular weight excluding hydrogens is 228 g/mol. The summed E-state index contributed by atoms with van der Waals surface area (Å²) in [6, 6.07) is 0. The van der Waals surface area contributed by atoms with Gasteiger partial charge in [0.05, 0.1) is 0 Å². The maximum Gasteiger partial charge on any atom is 0.237 e. The molecular formula is C10H15ClN4O. The third kappa shape index (κ3) is 2.14. The first kappa shape index (κ1) is 11.3. The van der Waals surface area contributed by atoms with Gasteiger partial charge in [0.1, 0.15) is 5.88 Å². The molecule has 1 aliphatic heterocycles. The van der Waals surface area contributed by atoms with Crippen molar-refractivity contribution in [3.05, 3.63) is 12.4 Å². The highest BCUT2D eigenvalue weighted by molar-refractivity contribution is 6.27. The van der Waals surface area contributed by atoms with Crippen molar-refractivity contribution in [1.82, 2.24) is 14.5 Å². The van der Waals surface area contributed by atoms with Crippen LogP contribution in [-0.2, 0) is 11.8 Å². The molecule has 6 heteroatoms. The van der Waals surface area contributed by atoms with Gasteiger partial charge >= 0.3 is 0 Å². The van der Waals surface area contributed by atoms with Crippen molar-refractivity contribution in [3.8, 4) is 0 Å². The second kappa shape index (κ2) is 4.74. The number of halogens is 1. The molecule has 0 unspecified atom stereocenters. The van der Waals surface area contributed by atoms with Crippen LogP contribution in [0.4, 0.5) is 5.95 Å². The Morgan fingerprint density at radius 2 is 2.12 bits per heavy atom. The number of amides is 1. The van der Waals surface area contributed by atoms with Crippen molar-refractivity contribution in [2.24, 2.45) is 7.05 Å². The van der Waals surface area contributed by atoms with Gasteiger partial charge in [0.2, 0.25) is 11.9 Å². The third-order valence-corrected chi connectivity index (χ3v) is 3.05. The molecule has 0 N–H and O–H groups in total. The number of anilines is 1. The van der Waals surface area contributed by atoms with Gasteiger partial charge in [-0.2, -0.15) is 0 Å². The highest BCUT2D eigenvalue weighted by atomic mass is 35.5. The smallest absolute Gasteiger partial charge is 0.237 e. The predicted octanol–water partition coefficient (Wildman–Crippen LogP) is 0.307. The topological polar surface area (TPSA) is 41.4 Å². The van der Waals surface area contributed by atoms with Gasteiger partial charge in [0, 0.05) is 45.6 Å². The van der Waals surface area contributed by atoms with Crippen LogP contribution in [0.5, 0.6) is 0 Å². The Hall–Kier alpha value is -1.23. The monoisotopic (exact) mass is 242 g/mol. The lowest BCUT2D eigenvalue weighted by atomic mass is 10.3. The minimum atomic E-state index is 0.0150. The maximum atomic E-state index is 11.4. The summed E-state index contributed by atoms with van der Waals surface area (Å²) in [5.41, 5.74) is 0. The molecule has 1 amide bonds. The molecule has 88 valence electrons. The predicted molar refractivity (Wildman–Crippen MR) is 62.7 cm³/mol. The van der Waals surface area contributed by atoms with Crippen molar-refractivity contribution in [2.45, 2.75) is 0 Å². The first-order valence-electron chi connectivity index (χ1n) is 5.28. The van der Waals surface area contributed by atoms with E-state index >= 15 is 0 Å². The van der Waals surface area contributed by atoms with Crippen LogP contribution in [0.15, 0.2) is 12.4 Å². The first-order valence-corrected chi connectivity index (χ1v) is 5.82. The van der Waals surface area contributed by atoms with Gasteiger partial charge in [-0.1, -0.05) is 0 Å². The van der Waals surface area contributed by atoms with E-state index in [4.69, 9.17) is 11.6 Å². The zero-order valence-electron chi connectivity index (χ0n) is 9.27. The van der Waals surface area contributed by atoms with Crippen LogP contribution < -0.4 is 4.90 Å². The van der Waals surface area contributed by atoms with Gasteiger partial charge < -0.3 is 14.4 Å². The minimum Gasteiger partial charge on any atom is -0.339 e. The van der Waals surface area contributed by atoms with E-state index in [1.807, 2.05) is 17.8 Å². The molecule has 0 bridgehead atoms. The van der Waals surface area contributed by atoms with E-state index in [1.54, 1.807) is 11.1 Å². The summed E-state index contributed by atoms with van der Waals surface area (Å²) >= 11 is 5.53. The standard InChI is InChI=1S/C10H15ClN4O/c1-13-3-2-12-10(13)15-6-4-14(5-7-15)9(16)8-11/h2-3H,4-8H2,1H3. The molecule has 0 aromatic carbocycles. The summed E-state index contributed by atoms with van der Waals surface area (Å²) in [7, 11) is 1.97. The van der Waals surface area contributed by atoms with Gasteiger partial charge in [-0.3, -0.25) is 4.79 Å². The molecule has 5 nitrogen and oxygen atoms in total. The van der Waals surface area contributed by atoms with Crippen LogP contribution in [-0.4, -0.2) is 52.4 Å². The van der Waals surface area contributed by atoms with Crippen molar-refractivity contribution < 1.29 is 4.79 Å². The number of imidazole rings is 1. The lowest BCUT2D eigenvalue weighted by Gasteiger charge is -2.34. The van der Waals surface area contributed by atoms with Gasteiger partial charge in [0.25, 0.3) is 0 Å². The van der Waals surface area contributed by atoms with Crippen LogP contribution in [0, 0.1) is 0 Å². The minimum absolute atomic E-state index is 0.0150. The Kier molecular flexibility index (Phi) is 3.33. The van der Waals surface area contributed by atoms with E-state index in [-0.39, 0.29) is 11.8 Å². The number of carbonyl (C=O) groups excluding carboxylic acids is 1. The molecule has 0 aliphatic carbocycles. The molecule has 0 atom stereocenters. The highest BCUT2D eigenvalue weighted by Crippen LogP contribution is 2.12. The molecule has 1 aromatic heterocycles. The fourth-order valence-electron chi connectivity index (χ4n) is 1.90. The summed E-state index contributed by atoms with van der Waals surface area (Å²) in [4.78, 5) is 19.6. The molecule has 16 heavy (non-hydrogen) atoms. The Morgan fingerprint density at radius 3 is 2.62 bits per heavy atom. The van der Waals surface area contributed by atoms with Crippen molar-refractivity contribution >= 4 is 23.5 Å². The van der Waals surface area contributed by atoms with Crippen LogP contribution >= 0.6 is 11.6 Å².